The van der Waals surface area contributed by atoms with E-state index < -0.39 is 5.25 Å². The summed E-state index contributed by atoms with van der Waals surface area (Å²) in [6.07, 6.45) is 1.77. The molecular formula is C14H16ClN3O2S. The van der Waals surface area contributed by atoms with Crippen LogP contribution in [-0.4, -0.2) is 36.4 Å². The lowest BCUT2D eigenvalue weighted by Gasteiger charge is -2.14. The molecule has 0 radical (unpaired) electrons. The zero-order valence-corrected chi connectivity index (χ0v) is 13.1. The molecule has 0 aliphatic carbocycles. The van der Waals surface area contributed by atoms with Gasteiger partial charge in [-0.25, -0.2) is 0 Å². The zero-order valence-electron chi connectivity index (χ0n) is 11.6. The number of benzene rings is 1. The molecule has 0 saturated carbocycles. The van der Waals surface area contributed by atoms with Crippen LogP contribution >= 0.6 is 23.4 Å². The Morgan fingerprint density at radius 3 is 2.81 bits per heavy atom. The highest BCUT2D eigenvalue weighted by Gasteiger charge is 2.18. The molecule has 0 aliphatic rings. The van der Waals surface area contributed by atoms with E-state index in [9.17, 15) is 9.59 Å². The van der Waals surface area contributed by atoms with Gasteiger partial charge in [0.2, 0.25) is 5.91 Å². The van der Waals surface area contributed by atoms with Crippen LogP contribution in [0.5, 0.6) is 0 Å². The van der Waals surface area contributed by atoms with Crippen molar-refractivity contribution in [3.8, 4) is 6.07 Å². The molecule has 7 heteroatoms. The van der Waals surface area contributed by atoms with Crippen LogP contribution in [0.4, 0.5) is 0 Å². The summed E-state index contributed by atoms with van der Waals surface area (Å²) in [5, 5.41) is 13.2. The Hall–Kier alpha value is -1.71. The minimum Gasteiger partial charge on any atom is -0.350 e. The Labute approximate surface area is 133 Å². The van der Waals surface area contributed by atoms with Gasteiger partial charge in [-0.05, 0) is 24.0 Å². The molecule has 0 aliphatic heterocycles. The van der Waals surface area contributed by atoms with E-state index in [-0.39, 0.29) is 24.9 Å². The van der Waals surface area contributed by atoms with Crippen molar-refractivity contribution >= 4 is 35.2 Å². The smallest absolute Gasteiger partial charge is 0.251 e. The second kappa shape index (κ2) is 9.27. The summed E-state index contributed by atoms with van der Waals surface area (Å²) in [6.45, 7) is 0.157. The van der Waals surface area contributed by atoms with E-state index >= 15 is 0 Å². The van der Waals surface area contributed by atoms with Gasteiger partial charge < -0.3 is 10.6 Å². The third kappa shape index (κ3) is 5.66. The van der Waals surface area contributed by atoms with Gasteiger partial charge in [0.15, 0.2) is 0 Å². The van der Waals surface area contributed by atoms with Crippen molar-refractivity contribution in [3.05, 3.63) is 35.4 Å². The predicted molar refractivity (Wildman–Crippen MR) is 84.3 cm³/mol. The highest BCUT2D eigenvalue weighted by Crippen LogP contribution is 2.09. The number of hydrogen-bond donors (Lipinski definition) is 2. The van der Waals surface area contributed by atoms with Crippen molar-refractivity contribution in [2.75, 3.05) is 19.3 Å². The maximum atomic E-state index is 12.0. The normalized spacial score (nSPS) is 11.3. The maximum absolute atomic E-state index is 12.0. The molecule has 1 atom stereocenters. The summed E-state index contributed by atoms with van der Waals surface area (Å²) in [7, 11) is 0. The summed E-state index contributed by atoms with van der Waals surface area (Å²) < 4.78 is 0. The Morgan fingerprint density at radius 1 is 1.43 bits per heavy atom. The van der Waals surface area contributed by atoms with E-state index in [1.54, 1.807) is 24.5 Å². The molecule has 2 amide bonds. The third-order valence-corrected chi connectivity index (χ3v) is 3.97. The van der Waals surface area contributed by atoms with E-state index in [0.717, 1.165) is 5.56 Å². The average molecular weight is 326 g/mol. The fraction of sp³-hybridized carbons (Fsp3) is 0.357. The SMILES string of the molecule is CSC(CNC(=O)c1cccc(CCl)c1)C(=O)NCC#N. The number of nitrogens with zero attached hydrogens (tertiary/aromatic N) is 1. The van der Waals surface area contributed by atoms with Gasteiger partial charge in [-0.1, -0.05) is 12.1 Å². The summed E-state index contributed by atoms with van der Waals surface area (Å²) in [5.74, 6) is -0.182. The van der Waals surface area contributed by atoms with Crippen LogP contribution in [-0.2, 0) is 10.7 Å². The molecule has 5 nitrogen and oxygen atoms in total. The second-order valence-electron chi connectivity index (χ2n) is 4.14. The molecule has 0 saturated heterocycles. The Bertz CT molecular complexity index is 545. The van der Waals surface area contributed by atoms with Crippen molar-refractivity contribution in [3.63, 3.8) is 0 Å². The summed E-state index contributed by atoms with van der Waals surface area (Å²) in [6, 6.07) is 8.84. The number of halogens is 1. The zero-order chi connectivity index (χ0) is 15.7. The van der Waals surface area contributed by atoms with Gasteiger partial charge in [0, 0.05) is 18.0 Å². The van der Waals surface area contributed by atoms with E-state index in [4.69, 9.17) is 16.9 Å². The highest BCUT2D eigenvalue weighted by atomic mass is 35.5. The monoisotopic (exact) mass is 325 g/mol. The molecule has 0 fully saturated rings. The van der Waals surface area contributed by atoms with Gasteiger partial charge >= 0.3 is 0 Å². The molecule has 1 rings (SSSR count). The number of carbonyl (C=O) groups excluding carboxylic acids is 2. The molecule has 2 N–H and O–H groups in total. The van der Waals surface area contributed by atoms with Gasteiger partial charge in [-0.2, -0.15) is 17.0 Å². The topological polar surface area (TPSA) is 82.0 Å². The van der Waals surface area contributed by atoms with Crippen LogP contribution in [0.25, 0.3) is 0 Å². The lowest BCUT2D eigenvalue weighted by molar-refractivity contribution is -0.120. The minimum atomic E-state index is -0.432. The van der Waals surface area contributed by atoms with Crippen molar-refractivity contribution in [2.24, 2.45) is 0 Å². The largest absolute Gasteiger partial charge is 0.350 e. The van der Waals surface area contributed by atoms with Crippen molar-refractivity contribution in [1.29, 1.82) is 5.26 Å². The number of nitrogens with one attached hydrogen (secondary N) is 2. The van der Waals surface area contributed by atoms with E-state index in [2.05, 4.69) is 10.6 Å². The number of carbonyl (C=O) groups is 2. The van der Waals surface area contributed by atoms with Gasteiger partial charge in [-0.15, -0.1) is 11.6 Å². The number of rotatable bonds is 7. The first-order valence-electron chi connectivity index (χ1n) is 6.23. The molecule has 0 heterocycles. The number of hydrogen-bond acceptors (Lipinski definition) is 4. The van der Waals surface area contributed by atoms with Crippen LogP contribution in [0.15, 0.2) is 24.3 Å². The van der Waals surface area contributed by atoms with Crippen molar-refractivity contribution in [1.82, 2.24) is 10.6 Å². The first-order chi connectivity index (χ1) is 10.1. The molecule has 0 aromatic heterocycles. The van der Waals surface area contributed by atoms with Gasteiger partial charge in [0.25, 0.3) is 5.91 Å². The number of thioether (sulfide) groups is 1. The van der Waals surface area contributed by atoms with Crippen molar-refractivity contribution in [2.45, 2.75) is 11.1 Å². The summed E-state index contributed by atoms with van der Waals surface area (Å²) >= 11 is 7.05. The van der Waals surface area contributed by atoms with E-state index in [1.165, 1.54) is 11.8 Å². The van der Waals surface area contributed by atoms with Gasteiger partial charge in [-0.3, -0.25) is 9.59 Å². The molecule has 1 aromatic rings. The van der Waals surface area contributed by atoms with Crippen LogP contribution in [0.2, 0.25) is 0 Å². The first kappa shape index (κ1) is 17.3. The third-order valence-electron chi connectivity index (χ3n) is 2.71. The number of alkyl halides is 1. The van der Waals surface area contributed by atoms with E-state index in [1.807, 2.05) is 12.1 Å². The molecule has 1 aromatic carbocycles. The molecule has 21 heavy (non-hydrogen) atoms. The minimum absolute atomic E-state index is 0.0401. The number of amides is 2. The quantitative estimate of drug-likeness (QED) is 0.588. The van der Waals surface area contributed by atoms with Crippen LogP contribution < -0.4 is 10.6 Å². The standard InChI is InChI=1S/C14H16ClN3O2S/c1-21-12(14(20)17-6-5-16)9-18-13(19)11-4-2-3-10(7-11)8-15/h2-4,7,12H,6,8-9H2,1H3,(H,17,20)(H,18,19). The Morgan fingerprint density at radius 2 is 2.19 bits per heavy atom. The fourth-order valence-electron chi connectivity index (χ4n) is 1.61. The van der Waals surface area contributed by atoms with E-state index in [0.29, 0.717) is 11.4 Å². The average Bonchev–Trinajstić information content (AvgIpc) is 2.53. The Balaban J connectivity index is 2.57. The molecule has 0 spiro atoms. The molecule has 112 valence electrons. The Kier molecular flexibility index (Phi) is 7.65. The first-order valence-corrected chi connectivity index (χ1v) is 8.05. The van der Waals surface area contributed by atoms with Crippen LogP contribution in [0.1, 0.15) is 15.9 Å². The summed E-state index contributed by atoms with van der Waals surface area (Å²) in [5.41, 5.74) is 1.36. The van der Waals surface area contributed by atoms with Crippen molar-refractivity contribution < 1.29 is 9.59 Å². The van der Waals surface area contributed by atoms with Gasteiger partial charge in [0.1, 0.15) is 11.8 Å². The van der Waals surface area contributed by atoms with Crippen LogP contribution in [0, 0.1) is 11.3 Å². The maximum Gasteiger partial charge on any atom is 0.251 e. The molecule has 0 bridgehead atoms. The van der Waals surface area contributed by atoms with Gasteiger partial charge in [0.05, 0.1) is 6.07 Å². The number of nitriles is 1. The summed E-state index contributed by atoms with van der Waals surface area (Å²) in [4.78, 5) is 23.8. The molecule has 1 unspecified atom stereocenters. The lowest BCUT2D eigenvalue weighted by Crippen LogP contribution is -2.41. The second-order valence-corrected chi connectivity index (χ2v) is 5.45. The van der Waals surface area contributed by atoms with Crippen LogP contribution in [0.3, 0.4) is 0 Å². The molecular weight excluding hydrogens is 310 g/mol. The highest BCUT2D eigenvalue weighted by molar-refractivity contribution is 7.99. The predicted octanol–water partition coefficient (Wildman–Crippen LogP) is 1.53. The fourth-order valence-corrected chi connectivity index (χ4v) is 2.32. The lowest BCUT2D eigenvalue weighted by atomic mass is 10.1.